The Kier molecular flexibility index (Phi) is 3.04. The van der Waals surface area contributed by atoms with E-state index in [0.717, 1.165) is 29.7 Å². The molecule has 4 heteroatoms. The van der Waals surface area contributed by atoms with E-state index in [9.17, 15) is 0 Å². The number of nitrogens with one attached hydrogen (secondary N) is 1. The van der Waals surface area contributed by atoms with Gasteiger partial charge in [-0.15, -0.1) is 0 Å². The Morgan fingerprint density at radius 3 is 2.83 bits per heavy atom. The molecule has 2 atom stereocenters. The molecule has 0 radical (unpaired) electrons. The SMILES string of the molecule is COc1cc(CN[C@H]2C[C@H]2C)cc2c1OCCO2. The highest BCUT2D eigenvalue weighted by atomic mass is 16.6. The standard InChI is InChI=1S/C14H19NO3/c1-9-5-11(9)15-8-10-6-12(16-2)14-13(7-10)17-3-4-18-14/h6-7,9,11,15H,3-5,8H2,1-2H3/t9-,11+/m1/s1. The van der Waals surface area contributed by atoms with Crippen LogP contribution in [0, 0.1) is 5.92 Å². The molecule has 2 aliphatic rings. The maximum atomic E-state index is 5.62. The number of fused-ring (bicyclic) bond motifs is 1. The second-order valence-electron chi connectivity index (χ2n) is 5.02. The number of benzene rings is 1. The molecule has 0 aromatic heterocycles. The quantitative estimate of drug-likeness (QED) is 0.885. The molecule has 1 heterocycles. The number of methoxy groups -OCH3 is 1. The van der Waals surface area contributed by atoms with Crippen LogP contribution in [0.3, 0.4) is 0 Å². The minimum Gasteiger partial charge on any atom is -0.493 e. The largest absolute Gasteiger partial charge is 0.493 e. The molecule has 1 saturated carbocycles. The van der Waals surface area contributed by atoms with Crippen molar-refractivity contribution in [2.75, 3.05) is 20.3 Å². The second-order valence-corrected chi connectivity index (χ2v) is 5.02. The summed E-state index contributed by atoms with van der Waals surface area (Å²) in [7, 11) is 1.66. The van der Waals surface area contributed by atoms with Gasteiger partial charge in [-0.2, -0.15) is 0 Å². The van der Waals surface area contributed by atoms with E-state index in [-0.39, 0.29) is 0 Å². The maximum absolute atomic E-state index is 5.62. The lowest BCUT2D eigenvalue weighted by atomic mass is 10.1. The third-order valence-electron chi connectivity index (χ3n) is 3.57. The van der Waals surface area contributed by atoms with E-state index in [2.05, 4.69) is 12.2 Å². The minimum absolute atomic E-state index is 0.584. The Balaban J connectivity index is 1.77. The zero-order valence-electron chi connectivity index (χ0n) is 10.9. The van der Waals surface area contributed by atoms with Gasteiger partial charge in [0.2, 0.25) is 5.75 Å². The molecular formula is C14H19NO3. The van der Waals surface area contributed by atoms with Crippen LogP contribution < -0.4 is 19.5 Å². The average Bonchev–Trinajstić information content (AvgIpc) is 3.11. The van der Waals surface area contributed by atoms with E-state index in [1.54, 1.807) is 7.11 Å². The molecule has 0 saturated heterocycles. The van der Waals surface area contributed by atoms with Gasteiger partial charge in [0.25, 0.3) is 0 Å². The van der Waals surface area contributed by atoms with Gasteiger partial charge in [-0.05, 0) is 30.0 Å². The molecule has 98 valence electrons. The van der Waals surface area contributed by atoms with Crippen molar-refractivity contribution in [1.29, 1.82) is 0 Å². The van der Waals surface area contributed by atoms with Crippen LogP contribution in [0.1, 0.15) is 18.9 Å². The second kappa shape index (κ2) is 4.69. The van der Waals surface area contributed by atoms with Crippen LogP contribution in [0.2, 0.25) is 0 Å². The number of hydrogen-bond donors (Lipinski definition) is 1. The van der Waals surface area contributed by atoms with Gasteiger partial charge in [-0.25, -0.2) is 0 Å². The van der Waals surface area contributed by atoms with Crippen LogP contribution >= 0.6 is 0 Å². The first-order chi connectivity index (χ1) is 8.78. The fourth-order valence-electron chi connectivity index (χ4n) is 2.28. The summed E-state index contributed by atoms with van der Waals surface area (Å²) in [5, 5.41) is 3.53. The van der Waals surface area contributed by atoms with Gasteiger partial charge in [-0.3, -0.25) is 0 Å². The Labute approximate surface area is 107 Å². The molecule has 0 unspecified atom stereocenters. The fraction of sp³-hybridized carbons (Fsp3) is 0.571. The molecule has 1 aromatic carbocycles. The smallest absolute Gasteiger partial charge is 0.203 e. The van der Waals surface area contributed by atoms with Crippen LogP contribution in [0.15, 0.2) is 12.1 Å². The summed E-state index contributed by atoms with van der Waals surface area (Å²) in [6.07, 6.45) is 1.28. The van der Waals surface area contributed by atoms with Gasteiger partial charge in [-0.1, -0.05) is 6.92 Å². The lowest BCUT2D eigenvalue weighted by Crippen LogP contribution is -2.19. The van der Waals surface area contributed by atoms with E-state index in [4.69, 9.17) is 14.2 Å². The fourth-order valence-corrected chi connectivity index (χ4v) is 2.28. The highest BCUT2D eigenvalue weighted by Gasteiger charge is 2.31. The van der Waals surface area contributed by atoms with Gasteiger partial charge in [0, 0.05) is 12.6 Å². The van der Waals surface area contributed by atoms with E-state index in [1.807, 2.05) is 12.1 Å². The van der Waals surface area contributed by atoms with Crippen LogP contribution in [-0.4, -0.2) is 26.4 Å². The zero-order valence-corrected chi connectivity index (χ0v) is 10.9. The summed E-state index contributed by atoms with van der Waals surface area (Å²) in [5.74, 6) is 3.09. The molecule has 1 fully saturated rings. The zero-order chi connectivity index (χ0) is 12.5. The highest BCUT2D eigenvalue weighted by Crippen LogP contribution is 2.40. The van der Waals surface area contributed by atoms with E-state index in [1.165, 1.54) is 12.0 Å². The van der Waals surface area contributed by atoms with E-state index in [0.29, 0.717) is 19.3 Å². The topological polar surface area (TPSA) is 39.7 Å². The molecule has 0 bridgehead atoms. The number of rotatable bonds is 4. The summed E-state index contributed by atoms with van der Waals surface area (Å²) in [4.78, 5) is 0. The van der Waals surface area contributed by atoms with Crippen molar-refractivity contribution < 1.29 is 14.2 Å². The first-order valence-corrected chi connectivity index (χ1v) is 6.48. The molecule has 0 amide bonds. The third-order valence-corrected chi connectivity index (χ3v) is 3.57. The minimum atomic E-state index is 0.584. The molecule has 18 heavy (non-hydrogen) atoms. The summed E-state index contributed by atoms with van der Waals surface area (Å²) in [6, 6.07) is 4.73. The predicted molar refractivity (Wildman–Crippen MR) is 68.4 cm³/mol. The molecule has 4 nitrogen and oxygen atoms in total. The molecule has 1 aliphatic heterocycles. The van der Waals surface area contributed by atoms with Crippen molar-refractivity contribution in [2.24, 2.45) is 5.92 Å². The van der Waals surface area contributed by atoms with E-state index < -0.39 is 0 Å². The summed E-state index contributed by atoms with van der Waals surface area (Å²) in [6.45, 7) is 4.30. The van der Waals surface area contributed by atoms with Gasteiger partial charge in [0.1, 0.15) is 13.2 Å². The number of ether oxygens (including phenoxy) is 3. The van der Waals surface area contributed by atoms with Gasteiger partial charge >= 0.3 is 0 Å². The third kappa shape index (κ3) is 2.25. The van der Waals surface area contributed by atoms with Gasteiger partial charge in [0.05, 0.1) is 7.11 Å². The lowest BCUT2D eigenvalue weighted by Gasteiger charge is -2.21. The van der Waals surface area contributed by atoms with Crippen molar-refractivity contribution in [2.45, 2.75) is 25.9 Å². The molecule has 3 rings (SSSR count). The van der Waals surface area contributed by atoms with Crippen LogP contribution in [0.5, 0.6) is 17.2 Å². The molecule has 0 spiro atoms. The Hall–Kier alpha value is -1.42. The summed E-state index contributed by atoms with van der Waals surface area (Å²) >= 11 is 0. The Morgan fingerprint density at radius 2 is 2.11 bits per heavy atom. The normalized spacial score (nSPS) is 24.8. The van der Waals surface area contributed by atoms with Crippen molar-refractivity contribution in [3.05, 3.63) is 17.7 Å². The van der Waals surface area contributed by atoms with E-state index >= 15 is 0 Å². The maximum Gasteiger partial charge on any atom is 0.203 e. The first kappa shape index (κ1) is 11.7. The van der Waals surface area contributed by atoms with Crippen LogP contribution in [0.25, 0.3) is 0 Å². The average molecular weight is 249 g/mol. The highest BCUT2D eigenvalue weighted by molar-refractivity contribution is 5.54. The van der Waals surface area contributed by atoms with Crippen molar-refractivity contribution in [3.63, 3.8) is 0 Å². The molecule has 1 aromatic rings. The number of hydrogen-bond acceptors (Lipinski definition) is 4. The Morgan fingerprint density at radius 1 is 1.33 bits per heavy atom. The summed E-state index contributed by atoms with van der Waals surface area (Å²) in [5.41, 5.74) is 1.18. The summed E-state index contributed by atoms with van der Waals surface area (Å²) < 4.78 is 16.6. The Bertz CT molecular complexity index is 430. The monoisotopic (exact) mass is 249 g/mol. The first-order valence-electron chi connectivity index (χ1n) is 6.48. The lowest BCUT2D eigenvalue weighted by molar-refractivity contribution is 0.165. The van der Waals surface area contributed by atoms with Crippen molar-refractivity contribution in [3.8, 4) is 17.2 Å². The van der Waals surface area contributed by atoms with Crippen molar-refractivity contribution >= 4 is 0 Å². The van der Waals surface area contributed by atoms with Crippen LogP contribution in [-0.2, 0) is 6.54 Å². The predicted octanol–water partition coefficient (Wildman–Crippen LogP) is 1.96. The molecular weight excluding hydrogens is 230 g/mol. The van der Waals surface area contributed by atoms with Gasteiger partial charge in [0.15, 0.2) is 11.5 Å². The van der Waals surface area contributed by atoms with Crippen LogP contribution in [0.4, 0.5) is 0 Å². The molecule has 1 N–H and O–H groups in total. The van der Waals surface area contributed by atoms with Gasteiger partial charge < -0.3 is 19.5 Å². The van der Waals surface area contributed by atoms with Crippen molar-refractivity contribution in [1.82, 2.24) is 5.32 Å². The molecule has 1 aliphatic carbocycles.